The van der Waals surface area contributed by atoms with Crippen LogP contribution in [0.2, 0.25) is 0 Å². The van der Waals surface area contributed by atoms with Crippen LogP contribution in [-0.2, 0) is 0 Å². The Morgan fingerprint density at radius 2 is 1.95 bits per heavy atom. The zero-order valence-corrected chi connectivity index (χ0v) is 13.1. The van der Waals surface area contributed by atoms with E-state index in [1.54, 1.807) is 12.1 Å². The molecule has 0 atom stereocenters. The Balaban J connectivity index is 2.49. The van der Waals surface area contributed by atoms with Crippen LogP contribution in [0.1, 0.15) is 35.7 Å². The Morgan fingerprint density at radius 1 is 1.24 bits per heavy atom. The van der Waals surface area contributed by atoms with E-state index >= 15 is 0 Å². The molecule has 5 heteroatoms. The van der Waals surface area contributed by atoms with Crippen molar-refractivity contribution in [1.82, 2.24) is 0 Å². The molecule has 2 rings (SSSR count). The SMILES string of the molecule is CC(C)c1cc(Br)ccc1Oc1cccc(F)c1C(=O)O. The highest BCUT2D eigenvalue weighted by molar-refractivity contribution is 9.10. The maximum Gasteiger partial charge on any atom is 0.342 e. The van der Waals surface area contributed by atoms with Gasteiger partial charge in [-0.25, -0.2) is 9.18 Å². The number of aromatic carboxylic acids is 1. The molecule has 2 aromatic carbocycles. The topological polar surface area (TPSA) is 46.5 Å². The average molecular weight is 353 g/mol. The van der Waals surface area contributed by atoms with Gasteiger partial charge in [-0.15, -0.1) is 0 Å². The number of carbonyl (C=O) groups is 1. The molecule has 0 aromatic heterocycles. The smallest absolute Gasteiger partial charge is 0.342 e. The molecule has 21 heavy (non-hydrogen) atoms. The van der Waals surface area contributed by atoms with Crippen molar-refractivity contribution in [3.63, 3.8) is 0 Å². The van der Waals surface area contributed by atoms with E-state index in [1.165, 1.54) is 12.1 Å². The Morgan fingerprint density at radius 3 is 2.57 bits per heavy atom. The minimum absolute atomic E-state index is 0.00766. The molecule has 0 saturated carbocycles. The van der Waals surface area contributed by atoms with Crippen molar-refractivity contribution in [2.24, 2.45) is 0 Å². The maximum atomic E-state index is 13.7. The molecule has 0 spiro atoms. The Labute approximate surface area is 130 Å². The second-order valence-corrected chi connectivity index (χ2v) is 5.77. The second kappa shape index (κ2) is 6.26. The van der Waals surface area contributed by atoms with Crippen molar-refractivity contribution in [1.29, 1.82) is 0 Å². The van der Waals surface area contributed by atoms with Crippen molar-refractivity contribution in [3.05, 3.63) is 57.8 Å². The van der Waals surface area contributed by atoms with E-state index in [4.69, 9.17) is 9.84 Å². The molecule has 0 radical (unpaired) electrons. The van der Waals surface area contributed by atoms with Crippen molar-refractivity contribution >= 4 is 21.9 Å². The lowest BCUT2D eigenvalue weighted by atomic mass is 10.0. The van der Waals surface area contributed by atoms with E-state index in [9.17, 15) is 9.18 Å². The molecule has 0 unspecified atom stereocenters. The molecule has 3 nitrogen and oxygen atoms in total. The van der Waals surface area contributed by atoms with Gasteiger partial charge in [0, 0.05) is 4.47 Å². The predicted molar refractivity (Wildman–Crippen MR) is 81.7 cm³/mol. The largest absolute Gasteiger partial charge is 0.477 e. The van der Waals surface area contributed by atoms with Gasteiger partial charge in [0.2, 0.25) is 0 Å². The minimum Gasteiger partial charge on any atom is -0.477 e. The number of ether oxygens (including phenoxy) is 1. The fraction of sp³-hybridized carbons (Fsp3) is 0.188. The molecular formula is C16H14BrFO3. The molecule has 0 heterocycles. The van der Waals surface area contributed by atoms with Gasteiger partial charge in [-0.1, -0.05) is 35.8 Å². The Hall–Kier alpha value is -1.88. The minimum atomic E-state index is -1.36. The van der Waals surface area contributed by atoms with E-state index in [0.717, 1.165) is 16.1 Å². The maximum absolute atomic E-state index is 13.7. The van der Waals surface area contributed by atoms with E-state index in [0.29, 0.717) is 5.75 Å². The summed E-state index contributed by atoms with van der Waals surface area (Å²) in [5, 5.41) is 9.12. The number of carboxylic acid groups (broad SMARTS) is 1. The highest BCUT2D eigenvalue weighted by Crippen LogP contribution is 2.34. The normalized spacial score (nSPS) is 10.7. The van der Waals surface area contributed by atoms with Gasteiger partial charge in [0.05, 0.1) is 0 Å². The summed E-state index contributed by atoms with van der Waals surface area (Å²) < 4.78 is 20.2. The summed E-state index contributed by atoms with van der Waals surface area (Å²) in [6.45, 7) is 4.00. The zero-order valence-electron chi connectivity index (χ0n) is 11.6. The van der Waals surface area contributed by atoms with E-state index < -0.39 is 17.3 Å². The molecule has 0 amide bonds. The standard InChI is InChI=1S/C16H14BrFO3/c1-9(2)11-8-10(17)6-7-13(11)21-14-5-3-4-12(18)15(14)16(19)20/h3-9H,1-2H3,(H,19,20). The van der Waals surface area contributed by atoms with Crippen LogP contribution < -0.4 is 4.74 Å². The number of halogens is 2. The van der Waals surface area contributed by atoms with Crippen LogP contribution in [0.3, 0.4) is 0 Å². The van der Waals surface area contributed by atoms with E-state index in [2.05, 4.69) is 15.9 Å². The van der Waals surface area contributed by atoms with Crippen LogP contribution in [-0.4, -0.2) is 11.1 Å². The summed E-state index contributed by atoms with van der Waals surface area (Å²) in [4.78, 5) is 11.2. The first-order valence-electron chi connectivity index (χ1n) is 6.39. The number of hydrogen-bond acceptors (Lipinski definition) is 2. The van der Waals surface area contributed by atoms with Gasteiger partial charge in [0.15, 0.2) is 0 Å². The van der Waals surface area contributed by atoms with E-state index in [-0.39, 0.29) is 11.7 Å². The van der Waals surface area contributed by atoms with Crippen molar-refractivity contribution < 1.29 is 19.0 Å². The number of hydrogen-bond donors (Lipinski definition) is 1. The van der Waals surface area contributed by atoms with Crippen LogP contribution in [0, 0.1) is 5.82 Å². The van der Waals surface area contributed by atoms with Crippen molar-refractivity contribution in [2.45, 2.75) is 19.8 Å². The first-order valence-corrected chi connectivity index (χ1v) is 7.18. The summed E-state index contributed by atoms with van der Waals surface area (Å²) in [7, 11) is 0. The van der Waals surface area contributed by atoms with Crippen LogP contribution in [0.25, 0.3) is 0 Å². The third-order valence-corrected chi connectivity index (χ3v) is 3.50. The van der Waals surface area contributed by atoms with Gasteiger partial charge in [0.25, 0.3) is 0 Å². The third kappa shape index (κ3) is 3.42. The Kier molecular flexibility index (Phi) is 4.63. The van der Waals surface area contributed by atoms with Crippen LogP contribution in [0.5, 0.6) is 11.5 Å². The lowest BCUT2D eigenvalue weighted by Crippen LogP contribution is -2.04. The fourth-order valence-electron chi connectivity index (χ4n) is 1.98. The predicted octanol–water partition coefficient (Wildman–Crippen LogP) is 5.20. The summed E-state index contributed by atoms with van der Waals surface area (Å²) in [5.41, 5.74) is 0.445. The van der Waals surface area contributed by atoms with Crippen LogP contribution in [0.15, 0.2) is 40.9 Å². The fourth-order valence-corrected chi connectivity index (χ4v) is 2.36. The first-order chi connectivity index (χ1) is 9.90. The van der Waals surface area contributed by atoms with Crippen molar-refractivity contribution in [3.8, 4) is 11.5 Å². The molecule has 0 aliphatic carbocycles. The van der Waals surface area contributed by atoms with Gasteiger partial charge >= 0.3 is 5.97 Å². The van der Waals surface area contributed by atoms with Gasteiger partial charge in [-0.05, 0) is 41.8 Å². The highest BCUT2D eigenvalue weighted by atomic mass is 79.9. The van der Waals surface area contributed by atoms with Gasteiger partial charge < -0.3 is 9.84 Å². The number of carboxylic acids is 1. The van der Waals surface area contributed by atoms with E-state index in [1.807, 2.05) is 19.9 Å². The first kappa shape index (κ1) is 15.5. The zero-order chi connectivity index (χ0) is 15.6. The third-order valence-electron chi connectivity index (χ3n) is 3.00. The Bertz CT molecular complexity index is 683. The molecule has 0 bridgehead atoms. The van der Waals surface area contributed by atoms with Gasteiger partial charge in [-0.2, -0.15) is 0 Å². The quantitative estimate of drug-likeness (QED) is 0.822. The molecule has 0 aliphatic heterocycles. The summed E-state index contributed by atoms with van der Waals surface area (Å²) in [6.07, 6.45) is 0. The van der Waals surface area contributed by atoms with Gasteiger partial charge in [-0.3, -0.25) is 0 Å². The lowest BCUT2D eigenvalue weighted by molar-refractivity contribution is 0.0689. The number of benzene rings is 2. The van der Waals surface area contributed by atoms with Crippen LogP contribution >= 0.6 is 15.9 Å². The second-order valence-electron chi connectivity index (χ2n) is 4.86. The molecule has 1 N–H and O–H groups in total. The monoisotopic (exact) mass is 352 g/mol. The molecule has 0 saturated heterocycles. The van der Waals surface area contributed by atoms with Gasteiger partial charge in [0.1, 0.15) is 22.9 Å². The highest BCUT2D eigenvalue weighted by Gasteiger charge is 2.19. The summed E-state index contributed by atoms with van der Waals surface area (Å²) in [5.74, 6) is -1.48. The molecule has 0 fully saturated rings. The summed E-state index contributed by atoms with van der Waals surface area (Å²) >= 11 is 3.39. The molecule has 0 aliphatic rings. The number of rotatable bonds is 4. The van der Waals surface area contributed by atoms with Crippen molar-refractivity contribution in [2.75, 3.05) is 0 Å². The summed E-state index contributed by atoms with van der Waals surface area (Å²) in [6, 6.07) is 9.39. The molecular weight excluding hydrogens is 339 g/mol. The van der Waals surface area contributed by atoms with Crippen LogP contribution in [0.4, 0.5) is 4.39 Å². The molecule has 110 valence electrons. The lowest BCUT2D eigenvalue weighted by Gasteiger charge is -2.15. The molecule has 2 aromatic rings. The average Bonchev–Trinajstić information content (AvgIpc) is 2.40.